The molecule has 0 saturated carbocycles. The van der Waals surface area contributed by atoms with E-state index in [4.69, 9.17) is 22.5 Å². The number of benzene rings is 1. The van der Waals surface area contributed by atoms with Crippen molar-refractivity contribution in [1.82, 2.24) is 19.8 Å². The van der Waals surface area contributed by atoms with Gasteiger partial charge in [-0.1, -0.05) is 23.7 Å². The summed E-state index contributed by atoms with van der Waals surface area (Å²) in [6.07, 6.45) is 4.49. The van der Waals surface area contributed by atoms with Gasteiger partial charge in [0.05, 0.1) is 0 Å². The van der Waals surface area contributed by atoms with Gasteiger partial charge in [-0.2, -0.15) is 0 Å². The Morgan fingerprint density at radius 3 is 2.40 bits per heavy atom. The first-order chi connectivity index (χ1) is 14.4. The van der Waals surface area contributed by atoms with E-state index >= 15 is 0 Å². The molecule has 2 aromatic rings. The van der Waals surface area contributed by atoms with Gasteiger partial charge in [-0.15, -0.1) is 10.2 Å². The van der Waals surface area contributed by atoms with E-state index in [1.54, 1.807) is 13.1 Å². The van der Waals surface area contributed by atoms with E-state index in [0.717, 1.165) is 48.2 Å². The second kappa shape index (κ2) is 14.8. The van der Waals surface area contributed by atoms with Gasteiger partial charge < -0.3 is 16.0 Å². The number of nitrogens with two attached hydrogens (primary N) is 2. The minimum atomic E-state index is 0.487. The van der Waals surface area contributed by atoms with E-state index in [0.29, 0.717) is 12.2 Å². The third-order valence-electron chi connectivity index (χ3n) is 4.27. The zero-order chi connectivity index (χ0) is 22.4. The maximum Gasteiger partial charge on any atom is 0.220 e. The molecule has 10 heteroatoms. The number of hydrogen-bond acceptors (Lipinski definition) is 8. The summed E-state index contributed by atoms with van der Waals surface area (Å²) in [5.41, 5.74) is 7.88. The second-order valence-electron chi connectivity index (χ2n) is 6.73. The Labute approximate surface area is 188 Å². The Kier molecular flexibility index (Phi) is 12.8. The highest BCUT2D eigenvalue weighted by atomic mass is 35.5. The van der Waals surface area contributed by atoms with Crippen LogP contribution in [0, 0.1) is 6.92 Å². The van der Waals surface area contributed by atoms with Gasteiger partial charge in [0, 0.05) is 43.8 Å². The van der Waals surface area contributed by atoms with Crippen molar-refractivity contribution in [2.75, 3.05) is 37.8 Å². The summed E-state index contributed by atoms with van der Waals surface area (Å²) in [5, 5.41) is 16.7. The summed E-state index contributed by atoms with van der Waals surface area (Å²) >= 11 is 6.75. The van der Waals surface area contributed by atoms with Gasteiger partial charge in [0.2, 0.25) is 6.41 Å². The summed E-state index contributed by atoms with van der Waals surface area (Å²) in [6, 6.07) is 9.80. The van der Waals surface area contributed by atoms with E-state index in [9.17, 15) is 4.79 Å². The molecule has 166 valence electrons. The highest BCUT2D eigenvalue weighted by molar-refractivity contribution is 7.95. The number of hydrogen-bond donors (Lipinski definition) is 3. The molecule has 1 amide bonds. The van der Waals surface area contributed by atoms with Gasteiger partial charge in [-0.3, -0.25) is 14.2 Å². The van der Waals surface area contributed by atoms with Crippen molar-refractivity contribution in [3.63, 3.8) is 0 Å². The van der Waals surface area contributed by atoms with E-state index in [1.807, 2.05) is 32.2 Å². The van der Waals surface area contributed by atoms with E-state index in [2.05, 4.69) is 26.5 Å². The Balaban J connectivity index is 0.000000242. The number of anilines is 2. The lowest BCUT2D eigenvalue weighted by Gasteiger charge is -2.26. The standard InChI is InChI=1S/C9H12ClN.C9H14N4.C2H6N2OS/c1-7-5-8(6-11-2)3-4-9(7)10;10-8-4-5-9(12-11-8)13-6-2-1-3-7-13;1-4(2-5)6-3/h3-5,11H,6H2,1-2H3;4-5H,1-3,6-7H2,(H2,10,11);2H,3H2,1H3. The minimum absolute atomic E-state index is 0.487. The van der Waals surface area contributed by atoms with Gasteiger partial charge in [-0.25, -0.2) is 0 Å². The Bertz CT molecular complexity index is 742. The number of aryl methyl sites for hydroxylation is 1. The van der Waals surface area contributed by atoms with Crippen LogP contribution in [0.2, 0.25) is 5.02 Å². The molecule has 0 bridgehead atoms. The molecule has 2 heterocycles. The largest absolute Gasteiger partial charge is 0.382 e. The maximum atomic E-state index is 9.56. The fourth-order valence-corrected chi connectivity index (χ4v) is 2.84. The smallest absolute Gasteiger partial charge is 0.220 e. The number of aromatic nitrogens is 2. The van der Waals surface area contributed by atoms with Crippen LogP contribution in [0.15, 0.2) is 30.3 Å². The molecule has 30 heavy (non-hydrogen) atoms. The molecule has 1 aromatic heterocycles. The normalized spacial score (nSPS) is 12.8. The van der Waals surface area contributed by atoms with E-state index < -0.39 is 0 Å². The van der Waals surface area contributed by atoms with Crippen molar-refractivity contribution in [2.24, 2.45) is 5.14 Å². The molecule has 0 radical (unpaired) electrons. The highest BCUT2D eigenvalue weighted by Gasteiger charge is 2.11. The third kappa shape index (κ3) is 10.1. The SMILES string of the molecule is CN(C=O)SN.CNCc1ccc(Cl)c(C)c1.Nc1ccc(N2CCCCC2)nn1. The maximum absolute atomic E-state index is 9.56. The van der Waals surface area contributed by atoms with Crippen LogP contribution >= 0.6 is 23.7 Å². The lowest BCUT2D eigenvalue weighted by Crippen LogP contribution is -2.30. The first-order valence-corrected chi connectivity index (χ1v) is 10.9. The van der Waals surface area contributed by atoms with Crippen molar-refractivity contribution < 1.29 is 4.79 Å². The van der Waals surface area contributed by atoms with Crippen LogP contribution in [-0.4, -0.2) is 48.1 Å². The van der Waals surface area contributed by atoms with Gasteiger partial charge in [0.15, 0.2) is 5.82 Å². The number of rotatable bonds is 5. The van der Waals surface area contributed by atoms with Gasteiger partial charge >= 0.3 is 0 Å². The molecular formula is C20H32ClN7OS. The molecular weight excluding hydrogens is 422 g/mol. The topological polar surface area (TPSA) is 113 Å². The third-order valence-corrected chi connectivity index (χ3v) is 5.11. The number of nitrogens with one attached hydrogen (secondary N) is 1. The zero-order valence-electron chi connectivity index (χ0n) is 17.8. The number of nitrogens with zero attached hydrogens (tertiary/aromatic N) is 4. The van der Waals surface area contributed by atoms with Crippen molar-refractivity contribution >= 4 is 41.8 Å². The summed E-state index contributed by atoms with van der Waals surface area (Å²) < 4.78 is 1.26. The second-order valence-corrected chi connectivity index (χ2v) is 7.93. The van der Waals surface area contributed by atoms with E-state index in [-0.39, 0.29) is 0 Å². The van der Waals surface area contributed by atoms with Crippen LogP contribution in [0.4, 0.5) is 11.6 Å². The fourth-order valence-electron chi connectivity index (χ4n) is 2.67. The predicted molar refractivity (Wildman–Crippen MR) is 127 cm³/mol. The van der Waals surface area contributed by atoms with Gasteiger partial charge in [-0.05, 0) is 62.6 Å². The molecule has 1 aliphatic heterocycles. The Hall–Kier alpha value is -2.07. The quantitative estimate of drug-likeness (QED) is 0.467. The average molecular weight is 454 g/mol. The van der Waals surface area contributed by atoms with Crippen LogP contribution < -0.4 is 21.1 Å². The van der Waals surface area contributed by atoms with Gasteiger partial charge in [0.1, 0.15) is 5.82 Å². The number of carbonyl (C=O) groups is 1. The predicted octanol–water partition coefficient (Wildman–Crippen LogP) is 3.01. The summed E-state index contributed by atoms with van der Waals surface area (Å²) in [7, 11) is 3.52. The molecule has 1 aromatic carbocycles. The highest BCUT2D eigenvalue weighted by Crippen LogP contribution is 2.17. The number of halogens is 1. The zero-order valence-corrected chi connectivity index (χ0v) is 19.4. The molecule has 8 nitrogen and oxygen atoms in total. The Morgan fingerprint density at radius 2 is 1.93 bits per heavy atom. The summed E-state index contributed by atoms with van der Waals surface area (Å²) in [5.74, 6) is 1.44. The van der Waals surface area contributed by atoms with Crippen molar-refractivity contribution in [3.05, 3.63) is 46.5 Å². The number of nitrogen functional groups attached to an aromatic ring is 1. The molecule has 3 rings (SSSR count). The molecule has 0 atom stereocenters. The first-order valence-electron chi connectivity index (χ1n) is 9.70. The fraction of sp³-hybridized carbons (Fsp3) is 0.450. The van der Waals surface area contributed by atoms with Crippen LogP contribution in [-0.2, 0) is 11.3 Å². The minimum Gasteiger partial charge on any atom is -0.382 e. The average Bonchev–Trinajstić information content (AvgIpc) is 2.78. The van der Waals surface area contributed by atoms with Crippen LogP contribution in [0.25, 0.3) is 0 Å². The molecule has 0 aliphatic carbocycles. The number of amides is 1. The van der Waals surface area contributed by atoms with Crippen LogP contribution in [0.1, 0.15) is 30.4 Å². The molecule has 1 aliphatic rings. The molecule has 5 N–H and O–H groups in total. The molecule has 0 unspecified atom stereocenters. The van der Waals surface area contributed by atoms with Crippen molar-refractivity contribution in [2.45, 2.75) is 32.7 Å². The monoisotopic (exact) mass is 453 g/mol. The van der Waals surface area contributed by atoms with Crippen molar-refractivity contribution in [3.8, 4) is 0 Å². The summed E-state index contributed by atoms with van der Waals surface area (Å²) in [6.45, 7) is 5.11. The molecule has 1 fully saturated rings. The van der Waals surface area contributed by atoms with Gasteiger partial charge in [0.25, 0.3) is 0 Å². The Morgan fingerprint density at radius 1 is 1.23 bits per heavy atom. The first kappa shape index (κ1) is 26.0. The lowest BCUT2D eigenvalue weighted by molar-refractivity contribution is -0.113. The lowest BCUT2D eigenvalue weighted by atomic mass is 10.1. The van der Waals surface area contributed by atoms with Crippen LogP contribution in [0.3, 0.4) is 0 Å². The number of carbonyl (C=O) groups excluding carboxylic acids is 1. The van der Waals surface area contributed by atoms with Crippen LogP contribution in [0.5, 0.6) is 0 Å². The van der Waals surface area contributed by atoms with Crippen molar-refractivity contribution in [1.29, 1.82) is 0 Å². The molecule has 1 saturated heterocycles. The number of piperidine rings is 1. The summed E-state index contributed by atoms with van der Waals surface area (Å²) in [4.78, 5) is 11.8. The molecule has 0 spiro atoms. The van der Waals surface area contributed by atoms with E-state index in [1.165, 1.54) is 29.1 Å².